The molecule has 0 aliphatic heterocycles. The summed E-state index contributed by atoms with van der Waals surface area (Å²) in [7, 11) is 1.44. The second-order valence-electron chi connectivity index (χ2n) is 4.17. The molecule has 2 aromatic carbocycles. The molecule has 0 heterocycles. The van der Waals surface area contributed by atoms with Crippen molar-refractivity contribution in [1.29, 1.82) is 0 Å². The van der Waals surface area contributed by atoms with Crippen molar-refractivity contribution in [2.45, 2.75) is 12.5 Å². The molecule has 4 heteroatoms. The molecule has 0 fully saturated rings. The van der Waals surface area contributed by atoms with Gasteiger partial charge in [-0.3, -0.25) is 0 Å². The molecule has 2 nitrogen and oxygen atoms in total. The van der Waals surface area contributed by atoms with Gasteiger partial charge in [-0.1, -0.05) is 35.9 Å². The van der Waals surface area contributed by atoms with Gasteiger partial charge in [0, 0.05) is 11.4 Å². The molecule has 0 amide bonds. The van der Waals surface area contributed by atoms with Gasteiger partial charge in [0.1, 0.15) is 11.6 Å². The fourth-order valence-corrected chi connectivity index (χ4v) is 2.21. The van der Waals surface area contributed by atoms with Crippen LogP contribution in [0.2, 0.25) is 5.02 Å². The Kier molecular flexibility index (Phi) is 4.40. The number of hydrogen-bond donors (Lipinski definition) is 1. The second-order valence-corrected chi connectivity index (χ2v) is 4.57. The smallest absolute Gasteiger partial charge is 0.132 e. The molecule has 0 saturated carbocycles. The van der Waals surface area contributed by atoms with Crippen LogP contribution in [0.1, 0.15) is 17.2 Å². The van der Waals surface area contributed by atoms with Crippen LogP contribution >= 0.6 is 11.6 Å². The van der Waals surface area contributed by atoms with Gasteiger partial charge in [-0.05, 0) is 23.8 Å². The van der Waals surface area contributed by atoms with Crippen LogP contribution in [-0.2, 0) is 6.42 Å². The van der Waals surface area contributed by atoms with E-state index in [1.54, 1.807) is 24.3 Å². The first-order valence-corrected chi connectivity index (χ1v) is 6.25. The van der Waals surface area contributed by atoms with Gasteiger partial charge in [-0.25, -0.2) is 4.39 Å². The largest absolute Gasteiger partial charge is 0.496 e. The van der Waals surface area contributed by atoms with Crippen LogP contribution in [-0.4, -0.2) is 12.2 Å². The molecular weight excluding hydrogens is 267 g/mol. The second kappa shape index (κ2) is 6.04. The Labute approximate surface area is 116 Å². The summed E-state index contributed by atoms with van der Waals surface area (Å²) in [5.41, 5.74) is 0.923. The van der Waals surface area contributed by atoms with Crippen molar-refractivity contribution in [3.05, 3.63) is 64.4 Å². The Morgan fingerprint density at radius 1 is 1.21 bits per heavy atom. The molecular formula is C15H14ClFO2. The molecule has 0 radical (unpaired) electrons. The first-order valence-electron chi connectivity index (χ1n) is 5.87. The normalized spacial score (nSPS) is 12.2. The fraction of sp³-hybridized carbons (Fsp3) is 0.200. The number of aliphatic hydroxyl groups excluding tert-OH is 1. The third-order valence-electron chi connectivity index (χ3n) is 2.94. The molecule has 0 aliphatic carbocycles. The minimum Gasteiger partial charge on any atom is -0.496 e. The maximum absolute atomic E-state index is 13.8. The van der Waals surface area contributed by atoms with E-state index in [-0.39, 0.29) is 12.0 Å². The van der Waals surface area contributed by atoms with Gasteiger partial charge < -0.3 is 9.84 Å². The zero-order valence-corrected chi connectivity index (χ0v) is 11.2. The average Bonchev–Trinajstić information content (AvgIpc) is 2.40. The van der Waals surface area contributed by atoms with Crippen LogP contribution in [0.4, 0.5) is 4.39 Å². The number of rotatable bonds is 4. The minimum atomic E-state index is -1.00. The van der Waals surface area contributed by atoms with Crippen LogP contribution in [0.5, 0.6) is 5.75 Å². The highest BCUT2D eigenvalue weighted by Crippen LogP contribution is 2.31. The van der Waals surface area contributed by atoms with E-state index in [4.69, 9.17) is 16.3 Å². The predicted molar refractivity (Wildman–Crippen MR) is 73.1 cm³/mol. The van der Waals surface area contributed by atoms with Crippen molar-refractivity contribution in [1.82, 2.24) is 0 Å². The maximum Gasteiger partial charge on any atom is 0.132 e. The Hall–Kier alpha value is -1.58. The molecule has 0 bridgehead atoms. The molecule has 0 spiro atoms. The molecule has 1 atom stereocenters. The summed E-state index contributed by atoms with van der Waals surface area (Å²) < 4.78 is 18.9. The molecule has 0 saturated heterocycles. The average molecular weight is 281 g/mol. The summed E-state index contributed by atoms with van der Waals surface area (Å²) in [5.74, 6) is -0.154. The van der Waals surface area contributed by atoms with E-state index in [9.17, 15) is 9.50 Å². The number of methoxy groups -OCH3 is 1. The lowest BCUT2D eigenvalue weighted by atomic mass is 10.00. The standard InChI is InChI=1S/C15H14ClFO2/c1-19-14-8-4-7-12(17)15(14)13(18)9-10-5-2-3-6-11(10)16/h2-8,13,18H,9H2,1H3. The lowest BCUT2D eigenvalue weighted by molar-refractivity contribution is 0.169. The Balaban J connectivity index is 2.30. The number of ether oxygens (including phenoxy) is 1. The topological polar surface area (TPSA) is 29.5 Å². The number of hydrogen-bond acceptors (Lipinski definition) is 2. The Morgan fingerprint density at radius 3 is 2.63 bits per heavy atom. The highest BCUT2D eigenvalue weighted by Gasteiger charge is 2.19. The van der Waals surface area contributed by atoms with Crippen molar-refractivity contribution in [2.75, 3.05) is 7.11 Å². The van der Waals surface area contributed by atoms with Gasteiger partial charge in [0.25, 0.3) is 0 Å². The summed E-state index contributed by atoms with van der Waals surface area (Å²) in [4.78, 5) is 0. The predicted octanol–water partition coefficient (Wildman–Crippen LogP) is 3.76. The van der Waals surface area contributed by atoms with Gasteiger partial charge >= 0.3 is 0 Å². The molecule has 100 valence electrons. The fourth-order valence-electron chi connectivity index (χ4n) is 1.99. The van der Waals surface area contributed by atoms with E-state index in [2.05, 4.69) is 0 Å². The number of benzene rings is 2. The molecule has 19 heavy (non-hydrogen) atoms. The monoisotopic (exact) mass is 280 g/mol. The van der Waals surface area contributed by atoms with E-state index in [1.165, 1.54) is 13.2 Å². The lowest BCUT2D eigenvalue weighted by Gasteiger charge is -2.16. The molecule has 0 aliphatic rings. The van der Waals surface area contributed by atoms with Crippen LogP contribution in [0.15, 0.2) is 42.5 Å². The van der Waals surface area contributed by atoms with E-state index < -0.39 is 11.9 Å². The van der Waals surface area contributed by atoms with Crippen LogP contribution in [0, 0.1) is 5.82 Å². The third-order valence-corrected chi connectivity index (χ3v) is 3.31. The van der Waals surface area contributed by atoms with Gasteiger partial charge in [0.05, 0.1) is 18.8 Å². The molecule has 1 unspecified atom stereocenters. The van der Waals surface area contributed by atoms with E-state index in [0.29, 0.717) is 10.8 Å². The summed E-state index contributed by atoms with van der Waals surface area (Å²) >= 11 is 6.03. The van der Waals surface area contributed by atoms with Gasteiger partial charge in [-0.2, -0.15) is 0 Å². The van der Waals surface area contributed by atoms with Crippen LogP contribution in [0.25, 0.3) is 0 Å². The number of aliphatic hydroxyl groups is 1. The molecule has 2 rings (SSSR count). The lowest BCUT2D eigenvalue weighted by Crippen LogP contribution is -2.07. The highest BCUT2D eigenvalue weighted by atomic mass is 35.5. The quantitative estimate of drug-likeness (QED) is 0.924. The van der Waals surface area contributed by atoms with Crippen molar-refractivity contribution >= 4 is 11.6 Å². The maximum atomic E-state index is 13.8. The first kappa shape index (κ1) is 13.8. The highest BCUT2D eigenvalue weighted by molar-refractivity contribution is 6.31. The summed E-state index contributed by atoms with van der Waals surface area (Å²) in [6, 6.07) is 11.6. The van der Waals surface area contributed by atoms with E-state index >= 15 is 0 Å². The zero-order chi connectivity index (χ0) is 13.8. The zero-order valence-electron chi connectivity index (χ0n) is 10.4. The third kappa shape index (κ3) is 3.06. The van der Waals surface area contributed by atoms with Gasteiger partial charge in [0.15, 0.2) is 0 Å². The van der Waals surface area contributed by atoms with Gasteiger partial charge in [0.2, 0.25) is 0 Å². The summed E-state index contributed by atoms with van der Waals surface area (Å²) in [6.45, 7) is 0. The first-order chi connectivity index (χ1) is 9.13. The van der Waals surface area contributed by atoms with Crippen LogP contribution in [0.3, 0.4) is 0 Å². The molecule has 2 aromatic rings. The molecule has 1 N–H and O–H groups in total. The van der Waals surface area contributed by atoms with Gasteiger partial charge in [-0.15, -0.1) is 0 Å². The minimum absolute atomic E-state index is 0.157. The SMILES string of the molecule is COc1cccc(F)c1C(O)Cc1ccccc1Cl. The molecule has 0 aromatic heterocycles. The number of halogens is 2. The van der Waals surface area contributed by atoms with E-state index in [1.807, 2.05) is 12.1 Å². The van der Waals surface area contributed by atoms with Crippen molar-refractivity contribution in [3.63, 3.8) is 0 Å². The van der Waals surface area contributed by atoms with Crippen LogP contribution < -0.4 is 4.74 Å². The van der Waals surface area contributed by atoms with Crippen molar-refractivity contribution in [2.24, 2.45) is 0 Å². The Bertz CT molecular complexity index is 572. The Morgan fingerprint density at radius 2 is 1.95 bits per heavy atom. The summed E-state index contributed by atoms with van der Waals surface area (Å²) in [5, 5.41) is 10.8. The van der Waals surface area contributed by atoms with E-state index in [0.717, 1.165) is 5.56 Å². The van der Waals surface area contributed by atoms with Crippen molar-refractivity contribution in [3.8, 4) is 5.75 Å². The van der Waals surface area contributed by atoms with Crippen molar-refractivity contribution < 1.29 is 14.2 Å². The summed E-state index contributed by atoms with van der Waals surface area (Å²) in [6.07, 6.45) is -0.771.